The van der Waals surface area contributed by atoms with Crippen molar-refractivity contribution in [3.63, 3.8) is 0 Å². The van der Waals surface area contributed by atoms with Crippen molar-refractivity contribution in [1.29, 1.82) is 0 Å². The van der Waals surface area contributed by atoms with Gasteiger partial charge in [0.25, 0.3) is 0 Å². The maximum atomic E-state index is 12.9. The summed E-state index contributed by atoms with van der Waals surface area (Å²) in [5.74, 6) is 2.47. The highest BCUT2D eigenvalue weighted by Crippen LogP contribution is 2.37. The van der Waals surface area contributed by atoms with Gasteiger partial charge in [0.05, 0.1) is 18.8 Å². The van der Waals surface area contributed by atoms with Gasteiger partial charge in [-0.3, -0.25) is 4.57 Å². The molecule has 3 aliphatic heterocycles. The third-order valence-electron chi connectivity index (χ3n) is 7.11. The first kappa shape index (κ1) is 29.2. The summed E-state index contributed by atoms with van der Waals surface area (Å²) < 4.78 is 46.2. The van der Waals surface area contributed by atoms with Crippen molar-refractivity contribution < 1.29 is 17.9 Å². The second kappa shape index (κ2) is 12.4. The number of aromatic nitrogens is 3. The van der Waals surface area contributed by atoms with Gasteiger partial charge in [0.2, 0.25) is 5.95 Å². The third-order valence-corrected chi connectivity index (χ3v) is 8.21. The largest absolute Gasteiger partial charge is 0.416 e. The summed E-state index contributed by atoms with van der Waals surface area (Å²) in [5, 5.41) is 9.69. The number of morpholine rings is 1. The highest BCUT2D eigenvalue weighted by Gasteiger charge is 2.41. The quantitative estimate of drug-likeness (QED) is 0.366. The Bertz CT molecular complexity index is 974. The minimum Gasteiger partial charge on any atom is -0.378 e. The van der Waals surface area contributed by atoms with Crippen LogP contribution in [0.2, 0.25) is 0 Å². The molecule has 0 radical (unpaired) electrons. The molecule has 7 nitrogen and oxygen atoms in total. The molecule has 2 atom stereocenters. The number of fused-ring (bicyclic) bond motifs is 1. The Hall–Kier alpha value is -1.40. The minimum absolute atomic E-state index is 0. The molecule has 2 aromatic rings. The van der Waals surface area contributed by atoms with Crippen LogP contribution in [0.5, 0.6) is 0 Å². The Morgan fingerprint density at radius 2 is 1.75 bits per heavy atom. The number of hydrogen-bond donors (Lipinski definition) is 0. The van der Waals surface area contributed by atoms with E-state index in [2.05, 4.69) is 29.5 Å². The lowest BCUT2D eigenvalue weighted by molar-refractivity contribution is -0.137. The monoisotopic (exact) mass is 568 g/mol. The van der Waals surface area contributed by atoms with Crippen molar-refractivity contribution in [2.45, 2.75) is 30.2 Å². The minimum atomic E-state index is -4.29. The molecule has 0 unspecified atom stereocenters. The van der Waals surface area contributed by atoms with E-state index in [9.17, 15) is 13.2 Å². The summed E-state index contributed by atoms with van der Waals surface area (Å²) in [5.41, 5.74) is 0.314. The normalized spacial score (nSPS) is 22.3. The van der Waals surface area contributed by atoms with Gasteiger partial charge in [0.15, 0.2) is 5.16 Å². The molecule has 4 heterocycles. The van der Waals surface area contributed by atoms with Gasteiger partial charge >= 0.3 is 6.18 Å². The highest BCUT2D eigenvalue weighted by atomic mass is 35.5. The molecule has 3 saturated heterocycles. The smallest absolute Gasteiger partial charge is 0.378 e. The lowest BCUT2D eigenvalue weighted by Crippen LogP contribution is -2.37. The second-order valence-corrected chi connectivity index (χ2v) is 10.3. The van der Waals surface area contributed by atoms with Crippen molar-refractivity contribution in [3.05, 3.63) is 29.8 Å². The summed E-state index contributed by atoms with van der Waals surface area (Å²) in [6.07, 6.45) is -2.13. The third kappa shape index (κ3) is 6.35. The molecule has 13 heteroatoms. The number of alkyl halides is 3. The number of benzene rings is 1. The molecular weight excluding hydrogens is 536 g/mol. The summed E-state index contributed by atoms with van der Waals surface area (Å²) in [7, 11) is 2.02. The molecule has 5 rings (SSSR count). The number of thioether (sulfide) groups is 1. The first-order chi connectivity index (χ1) is 16.4. The number of anilines is 2. The van der Waals surface area contributed by atoms with E-state index in [1.165, 1.54) is 12.1 Å². The SMILES string of the molecule is Cl.Cl.Cn1c(SCCCN2C[C@H]3CCN(c4ccc(C(F)(F)F)cc4)[C@H]3C2)nnc1N1CCOCC1. The molecular formula is C23H33Cl2F3N6OS. The van der Waals surface area contributed by atoms with Crippen LogP contribution >= 0.6 is 36.6 Å². The van der Waals surface area contributed by atoms with Gasteiger partial charge < -0.3 is 19.4 Å². The van der Waals surface area contributed by atoms with E-state index in [-0.39, 0.29) is 24.8 Å². The van der Waals surface area contributed by atoms with Crippen LogP contribution < -0.4 is 9.80 Å². The van der Waals surface area contributed by atoms with E-state index >= 15 is 0 Å². The van der Waals surface area contributed by atoms with Gasteiger partial charge in [-0.2, -0.15) is 13.2 Å². The number of nitrogens with zero attached hydrogens (tertiary/aromatic N) is 6. The standard InChI is InChI=1S/C23H31F3N6OS.2ClH/c1-29-21(31-10-12-33-13-11-31)27-28-22(29)34-14-2-8-30-15-17-7-9-32(20(17)16-30)19-5-3-18(4-6-19)23(24,25)26;;/h3-6,17,20H,2,7-16H2,1H3;2*1H/t17-,20+;;/m1../s1. The maximum absolute atomic E-state index is 12.9. The number of halogens is 5. The Balaban J connectivity index is 0.00000180. The topological polar surface area (TPSA) is 49.7 Å². The summed E-state index contributed by atoms with van der Waals surface area (Å²) in [4.78, 5) is 7.01. The van der Waals surface area contributed by atoms with E-state index in [1.807, 2.05) is 7.05 Å². The molecule has 0 spiro atoms. The van der Waals surface area contributed by atoms with Crippen molar-refractivity contribution in [3.8, 4) is 0 Å². The molecule has 0 bridgehead atoms. The zero-order valence-electron chi connectivity index (χ0n) is 20.2. The molecule has 36 heavy (non-hydrogen) atoms. The molecule has 0 aliphatic carbocycles. The van der Waals surface area contributed by atoms with Crippen molar-refractivity contribution in [2.75, 3.05) is 68.0 Å². The molecule has 202 valence electrons. The van der Waals surface area contributed by atoms with E-state index in [4.69, 9.17) is 4.74 Å². The molecule has 3 fully saturated rings. The average Bonchev–Trinajstić information content (AvgIpc) is 3.51. The fraction of sp³-hybridized carbons (Fsp3) is 0.652. The van der Waals surface area contributed by atoms with Crippen LogP contribution in [0.1, 0.15) is 18.4 Å². The van der Waals surface area contributed by atoms with Crippen LogP contribution in [0.3, 0.4) is 0 Å². The molecule has 0 amide bonds. The van der Waals surface area contributed by atoms with Gasteiger partial charge in [0.1, 0.15) is 0 Å². The Morgan fingerprint density at radius 1 is 1.03 bits per heavy atom. The zero-order valence-corrected chi connectivity index (χ0v) is 22.6. The van der Waals surface area contributed by atoms with Gasteiger partial charge in [0, 0.05) is 57.3 Å². The lowest BCUT2D eigenvalue weighted by atomic mass is 10.0. The number of rotatable bonds is 7. The lowest BCUT2D eigenvalue weighted by Gasteiger charge is -2.27. The first-order valence-electron chi connectivity index (χ1n) is 11.9. The predicted molar refractivity (Wildman–Crippen MR) is 141 cm³/mol. The molecule has 3 aliphatic rings. The van der Waals surface area contributed by atoms with Crippen LogP contribution in [0.4, 0.5) is 24.8 Å². The summed E-state index contributed by atoms with van der Waals surface area (Å²) in [6, 6.07) is 6.03. The first-order valence-corrected chi connectivity index (χ1v) is 12.9. The molecule has 1 aromatic carbocycles. The van der Waals surface area contributed by atoms with Gasteiger partial charge in [-0.1, -0.05) is 11.8 Å². The van der Waals surface area contributed by atoms with Gasteiger partial charge in [-0.25, -0.2) is 0 Å². The Labute approximate surface area is 226 Å². The maximum Gasteiger partial charge on any atom is 0.416 e. The van der Waals surface area contributed by atoms with E-state index in [0.29, 0.717) is 12.0 Å². The highest BCUT2D eigenvalue weighted by molar-refractivity contribution is 7.99. The predicted octanol–water partition coefficient (Wildman–Crippen LogP) is 4.21. The number of ether oxygens (including phenoxy) is 1. The van der Waals surface area contributed by atoms with Crippen LogP contribution in [0, 0.1) is 5.92 Å². The summed E-state index contributed by atoms with van der Waals surface area (Å²) in [6.45, 7) is 7.12. The van der Waals surface area contributed by atoms with Crippen LogP contribution in [0.25, 0.3) is 0 Å². The van der Waals surface area contributed by atoms with Gasteiger partial charge in [-0.05, 0) is 49.6 Å². The second-order valence-electron chi connectivity index (χ2n) is 9.26. The van der Waals surface area contributed by atoms with Crippen molar-refractivity contribution in [2.24, 2.45) is 13.0 Å². The van der Waals surface area contributed by atoms with E-state index in [1.54, 1.807) is 23.9 Å². The van der Waals surface area contributed by atoms with E-state index in [0.717, 1.165) is 87.9 Å². The number of hydrogen-bond acceptors (Lipinski definition) is 7. The Morgan fingerprint density at radius 3 is 2.44 bits per heavy atom. The van der Waals surface area contributed by atoms with Crippen LogP contribution in [-0.4, -0.2) is 83.9 Å². The van der Waals surface area contributed by atoms with Gasteiger partial charge in [-0.15, -0.1) is 35.0 Å². The fourth-order valence-electron chi connectivity index (χ4n) is 5.32. The van der Waals surface area contributed by atoms with Crippen LogP contribution in [-0.2, 0) is 18.0 Å². The van der Waals surface area contributed by atoms with Crippen molar-refractivity contribution in [1.82, 2.24) is 19.7 Å². The average molecular weight is 570 g/mol. The van der Waals surface area contributed by atoms with Crippen molar-refractivity contribution >= 4 is 48.2 Å². The molecule has 1 aromatic heterocycles. The number of likely N-dealkylation sites (tertiary alicyclic amines) is 1. The Kier molecular flexibility index (Phi) is 10.1. The zero-order chi connectivity index (χ0) is 23.7. The summed E-state index contributed by atoms with van der Waals surface area (Å²) >= 11 is 1.74. The molecule has 0 N–H and O–H groups in total. The molecule has 0 saturated carbocycles. The van der Waals surface area contributed by atoms with E-state index < -0.39 is 11.7 Å². The van der Waals surface area contributed by atoms with Crippen LogP contribution in [0.15, 0.2) is 29.4 Å². The fourth-order valence-corrected chi connectivity index (χ4v) is 6.15.